The lowest BCUT2D eigenvalue weighted by molar-refractivity contribution is 0.0571. The number of carbonyl (C=O) groups excluding carboxylic acids is 1. The van der Waals surface area contributed by atoms with E-state index >= 15 is 0 Å². The van der Waals surface area contributed by atoms with E-state index in [2.05, 4.69) is 25.1 Å². The molecule has 0 saturated carbocycles. The second-order valence-electron chi connectivity index (χ2n) is 6.37. The smallest absolute Gasteiger partial charge is 0.409 e. The molecule has 25 heavy (non-hydrogen) atoms. The Morgan fingerprint density at radius 3 is 2.56 bits per heavy atom. The van der Waals surface area contributed by atoms with Crippen LogP contribution in [0.1, 0.15) is 30.4 Å². The highest BCUT2D eigenvalue weighted by Crippen LogP contribution is 2.32. The number of carbonyl (C=O) groups is 1. The lowest BCUT2D eigenvalue weighted by atomic mass is 9.88. The molecule has 2 aromatic rings. The van der Waals surface area contributed by atoms with E-state index in [1.807, 2.05) is 43.3 Å². The number of hydrogen-bond donors (Lipinski definition) is 0. The average Bonchev–Trinajstić information content (AvgIpc) is 2.65. The number of hydrogen-bond acceptors (Lipinski definition) is 3. The van der Waals surface area contributed by atoms with Crippen LogP contribution in [0.25, 0.3) is 0 Å². The van der Waals surface area contributed by atoms with E-state index in [9.17, 15) is 4.79 Å². The molecular weight excluding hydrogens is 314 g/mol. The van der Waals surface area contributed by atoms with E-state index in [4.69, 9.17) is 9.47 Å². The number of aryl methyl sites for hydroxylation is 1. The van der Waals surface area contributed by atoms with Gasteiger partial charge in [-0.25, -0.2) is 4.79 Å². The maximum absolute atomic E-state index is 12.2. The molecule has 132 valence electrons. The topological polar surface area (TPSA) is 38.8 Å². The van der Waals surface area contributed by atoms with Gasteiger partial charge in [-0.2, -0.15) is 0 Å². The molecule has 0 bridgehead atoms. The fourth-order valence-electron chi connectivity index (χ4n) is 3.32. The first-order valence-electron chi connectivity index (χ1n) is 8.88. The molecular formula is C21H25NO3. The molecule has 1 aliphatic heterocycles. The van der Waals surface area contributed by atoms with Crippen LogP contribution in [0.15, 0.2) is 54.6 Å². The minimum Gasteiger partial charge on any atom is -0.489 e. The van der Waals surface area contributed by atoms with Crippen molar-refractivity contribution in [1.29, 1.82) is 0 Å². The van der Waals surface area contributed by atoms with Crippen LogP contribution in [0, 0.1) is 6.92 Å². The maximum Gasteiger partial charge on any atom is 0.409 e. The Hall–Kier alpha value is -2.49. The second kappa shape index (κ2) is 8.06. The lowest BCUT2D eigenvalue weighted by Gasteiger charge is -2.38. The highest BCUT2D eigenvalue weighted by atomic mass is 16.6. The third-order valence-electron chi connectivity index (χ3n) is 4.68. The number of benzene rings is 2. The van der Waals surface area contributed by atoms with Crippen molar-refractivity contribution >= 4 is 6.09 Å². The fraction of sp³-hybridized carbons (Fsp3) is 0.381. The first kappa shape index (κ1) is 17.3. The summed E-state index contributed by atoms with van der Waals surface area (Å²) < 4.78 is 11.5. The summed E-state index contributed by atoms with van der Waals surface area (Å²) in [6.07, 6.45) is 0.583. The lowest BCUT2D eigenvalue weighted by Crippen LogP contribution is -2.47. The molecule has 2 aromatic carbocycles. The summed E-state index contributed by atoms with van der Waals surface area (Å²) in [4.78, 5) is 13.9. The van der Waals surface area contributed by atoms with Crippen LogP contribution in [0.3, 0.4) is 0 Å². The molecule has 0 aromatic heterocycles. The summed E-state index contributed by atoms with van der Waals surface area (Å²) in [6.45, 7) is 5.55. The molecule has 1 amide bonds. The minimum atomic E-state index is -0.238. The molecule has 0 spiro atoms. The van der Waals surface area contributed by atoms with Crippen LogP contribution < -0.4 is 4.74 Å². The van der Waals surface area contributed by atoms with Crippen molar-refractivity contribution in [2.45, 2.75) is 32.3 Å². The van der Waals surface area contributed by atoms with E-state index in [0.29, 0.717) is 19.7 Å². The maximum atomic E-state index is 12.2. The molecule has 0 unspecified atom stereocenters. The Kier molecular flexibility index (Phi) is 5.59. The molecule has 1 heterocycles. The molecule has 4 nitrogen and oxygen atoms in total. The largest absolute Gasteiger partial charge is 0.489 e. The normalized spacial score (nSPS) is 20.2. The summed E-state index contributed by atoms with van der Waals surface area (Å²) in [5.41, 5.74) is 2.32. The Bertz CT molecular complexity index is 701. The Morgan fingerprint density at radius 1 is 1.12 bits per heavy atom. The zero-order chi connectivity index (χ0) is 17.6. The fourth-order valence-corrected chi connectivity index (χ4v) is 3.32. The molecule has 1 aliphatic rings. The number of likely N-dealkylation sites (tertiary alicyclic amines) is 1. The van der Waals surface area contributed by atoms with Gasteiger partial charge in [0, 0.05) is 25.4 Å². The van der Waals surface area contributed by atoms with E-state index < -0.39 is 0 Å². The van der Waals surface area contributed by atoms with Gasteiger partial charge in [-0.3, -0.25) is 0 Å². The molecule has 0 aliphatic carbocycles. The Morgan fingerprint density at radius 2 is 1.84 bits per heavy atom. The summed E-state index contributed by atoms with van der Waals surface area (Å²) >= 11 is 0. The Labute approximate surface area is 149 Å². The van der Waals surface area contributed by atoms with Crippen molar-refractivity contribution in [3.05, 3.63) is 65.7 Å². The van der Waals surface area contributed by atoms with Gasteiger partial charge in [0.25, 0.3) is 0 Å². The first-order valence-corrected chi connectivity index (χ1v) is 8.88. The predicted molar refractivity (Wildman–Crippen MR) is 98.0 cm³/mol. The number of amides is 1. The van der Waals surface area contributed by atoms with E-state index in [0.717, 1.165) is 17.7 Å². The minimum absolute atomic E-state index is 0.0363. The number of ether oxygens (including phenoxy) is 2. The van der Waals surface area contributed by atoms with Gasteiger partial charge in [0.2, 0.25) is 0 Å². The molecule has 1 fully saturated rings. The van der Waals surface area contributed by atoms with Gasteiger partial charge in [-0.15, -0.1) is 0 Å². The van der Waals surface area contributed by atoms with Gasteiger partial charge in [0.15, 0.2) is 0 Å². The zero-order valence-electron chi connectivity index (χ0n) is 14.9. The van der Waals surface area contributed by atoms with E-state index in [-0.39, 0.29) is 18.1 Å². The highest BCUT2D eigenvalue weighted by molar-refractivity contribution is 5.68. The SMILES string of the molecule is CCOC(=O)N1CC[C@@H](Oc2ccccc2C)[C@@H](c2ccccc2)C1. The third kappa shape index (κ3) is 4.13. The quantitative estimate of drug-likeness (QED) is 0.829. The van der Waals surface area contributed by atoms with Gasteiger partial charge in [0.1, 0.15) is 11.9 Å². The predicted octanol–water partition coefficient (Wildman–Crippen LogP) is 4.39. The number of rotatable bonds is 4. The van der Waals surface area contributed by atoms with Crippen molar-refractivity contribution < 1.29 is 14.3 Å². The van der Waals surface area contributed by atoms with E-state index in [1.54, 1.807) is 4.90 Å². The summed E-state index contributed by atoms with van der Waals surface area (Å²) in [7, 11) is 0. The molecule has 0 radical (unpaired) electrons. The van der Waals surface area contributed by atoms with Crippen molar-refractivity contribution in [2.24, 2.45) is 0 Å². The standard InChI is InChI=1S/C21H25NO3/c1-3-24-21(23)22-14-13-20(25-19-12-8-7-9-16(19)2)18(15-22)17-10-5-4-6-11-17/h4-12,18,20H,3,13-15H2,1-2H3/t18-,20-/m1/s1. The number of piperidine rings is 1. The van der Waals surface area contributed by atoms with Crippen molar-refractivity contribution in [2.75, 3.05) is 19.7 Å². The number of para-hydroxylation sites is 1. The van der Waals surface area contributed by atoms with Gasteiger partial charge in [-0.1, -0.05) is 48.5 Å². The molecule has 3 rings (SSSR count). The van der Waals surface area contributed by atoms with Crippen molar-refractivity contribution in [3.63, 3.8) is 0 Å². The number of nitrogens with zero attached hydrogens (tertiary/aromatic N) is 1. The highest BCUT2D eigenvalue weighted by Gasteiger charge is 2.34. The monoisotopic (exact) mass is 339 g/mol. The van der Waals surface area contributed by atoms with Gasteiger partial charge in [-0.05, 0) is 31.0 Å². The van der Waals surface area contributed by atoms with Crippen LogP contribution in [-0.4, -0.2) is 36.8 Å². The van der Waals surface area contributed by atoms with Gasteiger partial charge in [0.05, 0.1) is 6.61 Å². The van der Waals surface area contributed by atoms with Crippen LogP contribution in [0.4, 0.5) is 4.79 Å². The molecule has 0 N–H and O–H groups in total. The van der Waals surface area contributed by atoms with Crippen LogP contribution in [0.5, 0.6) is 5.75 Å². The van der Waals surface area contributed by atoms with Crippen molar-refractivity contribution in [3.8, 4) is 5.75 Å². The first-order chi connectivity index (χ1) is 12.2. The van der Waals surface area contributed by atoms with Crippen LogP contribution in [-0.2, 0) is 4.74 Å². The molecule has 4 heteroatoms. The summed E-state index contributed by atoms with van der Waals surface area (Å²) in [6, 6.07) is 18.4. The average molecular weight is 339 g/mol. The van der Waals surface area contributed by atoms with Gasteiger partial charge < -0.3 is 14.4 Å². The molecule has 1 saturated heterocycles. The second-order valence-corrected chi connectivity index (χ2v) is 6.37. The Balaban J connectivity index is 1.81. The van der Waals surface area contributed by atoms with E-state index in [1.165, 1.54) is 5.56 Å². The van der Waals surface area contributed by atoms with Crippen LogP contribution >= 0.6 is 0 Å². The van der Waals surface area contributed by atoms with Crippen LogP contribution in [0.2, 0.25) is 0 Å². The zero-order valence-corrected chi connectivity index (χ0v) is 14.9. The third-order valence-corrected chi connectivity index (χ3v) is 4.68. The summed E-state index contributed by atoms with van der Waals surface area (Å²) in [5, 5.41) is 0. The summed E-state index contributed by atoms with van der Waals surface area (Å²) in [5.74, 6) is 1.04. The van der Waals surface area contributed by atoms with Crippen molar-refractivity contribution in [1.82, 2.24) is 4.90 Å². The van der Waals surface area contributed by atoms with Gasteiger partial charge >= 0.3 is 6.09 Å². The molecule has 2 atom stereocenters.